The molecular weight excluding hydrogens is 258 g/mol. The first-order valence-electron chi connectivity index (χ1n) is 6.33. The number of carbonyl (C=O) groups is 2. The Morgan fingerprint density at radius 3 is 3.05 bits per heavy atom. The Bertz CT molecular complexity index is 691. The number of esters is 1. The Balaban J connectivity index is 2.01. The lowest BCUT2D eigenvalue weighted by molar-refractivity contribution is 0.0518. The van der Waals surface area contributed by atoms with Crippen LogP contribution in [0.3, 0.4) is 0 Å². The normalized spacial score (nSPS) is 12.9. The molecule has 0 spiro atoms. The van der Waals surface area contributed by atoms with E-state index >= 15 is 0 Å². The summed E-state index contributed by atoms with van der Waals surface area (Å²) in [5, 5.41) is 6.97. The fourth-order valence-corrected chi connectivity index (χ4v) is 2.15. The molecule has 0 saturated heterocycles. The molecule has 0 aliphatic carbocycles. The van der Waals surface area contributed by atoms with Crippen molar-refractivity contribution in [3.8, 4) is 0 Å². The van der Waals surface area contributed by atoms with E-state index in [0.29, 0.717) is 12.2 Å². The molecule has 1 aliphatic heterocycles. The fourth-order valence-electron chi connectivity index (χ4n) is 2.15. The van der Waals surface area contributed by atoms with E-state index in [2.05, 4.69) is 10.4 Å². The van der Waals surface area contributed by atoms with Gasteiger partial charge in [-0.3, -0.25) is 9.48 Å². The minimum Gasteiger partial charge on any atom is -0.461 e. The van der Waals surface area contributed by atoms with E-state index in [-0.39, 0.29) is 18.2 Å². The number of para-hydroxylation sites is 1. The van der Waals surface area contributed by atoms with Crippen LogP contribution in [0.4, 0.5) is 5.69 Å². The van der Waals surface area contributed by atoms with Crippen LogP contribution in [0.25, 0.3) is 0 Å². The summed E-state index contributed by atoms with van der Waals surface area (Å²) in [5.74, 6) is -0.799. The average Bonchev–Trinajstić information content (AvgIpc) is 2.80. The van der Waals surface area contributed by atoms with Crippen molar-refractivity contribution >= 4 is 17.6 Å². The van der Waals surface area contributed by atoms with E-state index in [1.54, 1.807) is 6.92 Å². The zero-order chi connectivity index (χ0) is 14.1. The Morgan fingerprint density at radius 2 is 2.25 bits per heavy atom. The highest BCUT2D eigenvalue weighted by Crippen LogP contribution is 2.22. The predicted molar refractivity (Wildman–Crippen MR) is 71.7 cm³/mol. The van der Waals surface area contributed by atoms with Gasteiger partial charge in [0, 0.05) is 11.8 Å². The molecule has 0 saturated carbocycles. The Kier molecular flexibility index (Phi) is 2.98. The number of anilines is 1. The minimum absolute atomic E-state index is 0.149. The molecule has 0 fully saturated rings. The van der Waals surface area contributed by atoms with Crippen LogP contribution in [0, 0.1) is 0 Å². The summed E-state index contributed by atoms with van der Waals surface area (Å²) in [6.45, 7) is 2.43. The van der Waals surface area contributed by atoms with E-state index in [0.717, 1.165) is 11.3 Å². The molecule has 1 aliphatic rings. The van der Waals surface area contributed by atoms with Gasteiger partial charge in [0.25, 0.3) is 5.91 Å². The van der Waals surface area contributed by atoms with Crippen molar-refractivity contribution < 1.29 is 14.3 Å². The largest absolute Gasteiger partial charge is 0.461 e. The van der Waals surface area contributed by atoms with Crippen molar-refractivity contribution in [2.24, 2.45) is 0 Å². The van der Waals surface area contributed by atoms with Crippen LogP contribution in [0.2, 0.25) is 0 Å². The Hall–Kier alpha value is -2.63. The third-order valence-corrected chi connectivity index (χ3v) is 3.08. The summed E-state index contributed by atoms with van der Waals surface area (Å²) in [5.41, 5.74) is 2.21. The number of fused-ring (bicyclic) bond motifs is 2. The smallest absolute Gasteiger partial charge is 0.358 e. The van der Waals surface area contributed by atoms with E-state index in [1.807, 2.05) is 24.3 Å². The van der Waals surface area contributed by atoms with Gasteiger partial charge in [-0.25, -0.2) is 4.79 Å². The second kappa shape index (κ2) is 4.80. The average molecular weight is 271 g/mol. The lowest BCUT2D eigenvalue weighted by atomic mass is 10.2. The third-order valence-electron chi connectivity index (χ3n) is 3.08. The summed E-state index contributed by atoms with van der Waals surface area (Å²) in [7, 11) is 0. The summed E-state index contributed by atoms with van der Waals surface area (Å²) in [6.07, 6.45) is 0. The monoisotopic (exact) mass is 271 g/mol. The van der Waals surface area contributed by atoms with Crippen LogP contribution in [0.5, 0.6) is 0 Å². The van der Waals surface area contributed by atoms with Crippen LogP contribution in [0.1, 0.15) is 33.5 Å². The van der Waals surface area contributed by atoms with Gasteiger partial charge >= 0.3 is 5.97 Å². The molecule has 2 aromatic rings. The van der Waals surface area contributed by atoms with Crippen molar-refractivity contribution in [2.45, 2.75) is 13.5 Å². The molecule has 0 radical (unpaired) electrons. The topological polar surface area (TPSA) is 73.2 Å². The Labute approximate surface area is 115 Å². The maximum Gasteiger partial charge on any atom is 0.358 e. The summed E-state index contributed by atoms with van der Waals surface area (Å²) < 4.78 is 6.42. The molecule has 0 atom stereocenters. The van der Waals surface area contributed by atoms with Crippen LogP contribution in [0.15, 0.2) is 30.3 Å². The van der Waals surface area contributed by atoms with Gasteiger partial charge < -0.3 is 10.1 Å². The first kappa shape index (κ1) is 12.4. The van der Waals surface area contributed by atoms with Crippen molar-refractivity contribution in [3.05, 3.63) is 47.3 Å². The zero-order valence-electron chi connectivity index (χ0n) is 10.9. The molecule has 0 bridgehead atoms. The number of amides is 1. The maximum atomic E-state index is 12.1. The van der Waals surface area contributed by atoms with Crippen molar-refractivity contribution in [3.63, 3.8) is 0 Å². The Morgan fingerprint density at radius 1 is 1.45 bits per heavy atom. The molecule has 6 heteroatoms. The zero-order valence-corrected chi connectivity index (χ0v) is 10.9. The fraction of sp³-hybridized carbons (Fsp3) is 0.214. The molecule has 1 aromatic carbocycles. The third kappa shape index (κ3) is 2.05. The number of rotatable bonds is 2. The van der Waals surface area contributed by atoms with E-state index < -0.39 is 5.97 Å². The molecule has 102 valence electrons. The first-order chi connectivity index (χ1) is 9.69. The number of benzene rings is 1. The number of carbonyl (C=O) groups excluding carboxylic acids is 2. The van der Waals surface area contributed by atoms with Crippen LogP contribution >= 0.6 is 0 Å². The number of hydrogen-bond donors (Lipinski definition) is 1. The van der Waals surface area contributed by atoms with Gasteiger partial charge in [-0.05, 0) is 18.6 Å². The second-order valence-electron chi connectivity index (χ2n) is 4.40. The van der Waals surface area contributed by atoms with Gasteiger partial charge in [0.15, 0.2) is 5.69 Å². The van der Waals surface area contributed by atoms with E-state index in [1.165, 1.54) is 10.7 Å². The van der Waals surface area contributed by atoms with Crippen LogP contribution in [-0.4, -0.2) is 28.3 Å². The van der Waals surface area contributed by atoms with Gasteiger partial charge in [-0.15, -0.1) is 0 Å². The molecule has 2 heterocycles. The quantitative estimate of drug-likeness (QED) is 0.843. The SMILES string of the molecule is CCOC(=O)c1cc2n(n1)Cc1ccccc1NC2=O. The van der Waals surface area contributed by atoms with Gasteiger partial charge in [0.05, 0.1) is 13.2 Å². The maximum absolute atomic E-state index is 12.1. The lowest BCUT2D eigenvalue weighted by Gasteiger charge is -2.05. The number of aromatic nitrogens is 2. The minimum atomic E-state index is -0.519. The van der Waals surface area contributed by atoms with Gasteiger partial charge in [0.1, 0.15) is 5.69 Å². The molecular formula is C14H13N3O3. The van der Waals surface area contributed by atoms with Gasteiger partial charge in [-0.2, -0.15) is 5.10 Å². The summed E-state index contributed by atoms with van der Waals surface area (Å²) in [4.78, 5) is 23.8. The van der Waals surface area contributed by atoms with E-state index in [9.17, 15) is 9.59 Å². The van der Waals surface area contributed by atoms with Gasteiger partial charge in [-0.1, -0.05) is 18.2 Å². The molecule has 0 unspecified atom stereocenters. The van der Waals surface area contributed by atoms with Crippen molar-refractivity contribution in [1.82, 2.24) is 9.78 Å². The highest BCUT2D eigenvalue weighted by Gasteiger charge is 2.23. The number of nitrogens with one attached hydrogen (secondary N) is 1. The number of ether oxygens (including phenoxy) is 1. The van der Waals surface area contributed by atoms with Crippen molar-refractivity contribution in [1.29, 1.82) is 0 Å². The number of hydrogen-bond acceptors (Lipinski definition) is 4. The first-order valence-corrected chi connectivity index (χ1v) is 6.33. The predicted octanol–water partition coefficient (Wildman–Crippen LogP) is 1.67. The summed E-state index contributed by atoms with van der Waals surface area (Å²) in [6, 6.07) is 8.96. The second-order valence-corrected chi connectivity index (χ2v) is 4.40. The van der Waals surface area contributed by atoms with Gasteiger partial charge in [0.2, 0.25) is 0 Å². The molecule has 6 nitrogen and oxygen atoms in total. The highest BCUT2D eigenvalue weighted by molar-refractivity contribution is 6.05. The lowest BCUT2D eigenvalue weighted by Crippen LogP contribution is -2.13. The molecule has 1 N–H and O–H groups in total. The molecule has 3 rings (SSSR count). The highest BCUT2D eigenvalue weighted by atomic mass is 16.5. The number of nitrogens with zero attached hydrogens (tertiary/aromatic N) is 2. The molecule has 20 heavy (non-hydrogen) atoms. The van der Waals surface area contributed by atoms with Crippen molar-refractivity contribution in [2.75, 3.05) is 11.9 Å². The van der Waals surface area contributed by atoms with E-state index in [4.69, 9.17) is 4.74 Å². The standard InChI is InChI=1S/C14H13N3O3/c1-2-20-14(19)11-7-12-13(18)15-10-6-4-3-5-9(10)8-17(12)16-11/h3-7H,2,8H2,1H3,(H,15,18). The molecule has 1 amide bonds. The van der Waals surface area contributed by atoms with Crippen LogP contribution in [-0.2, 0) is 11.3 Å². The molecule has 1 aromatic heterocycles. The summed E-state index contributed by atoms with van der Waals surface area (Å²) >= 11 is 0. The van der Waals surface area contributed by atoms with Crippen LogP contribution < -0.4 is 5.32 Å².